The highest BCUT2D eigenvalue weighted by molar-refractivity contribution is 7.89. The Morgan fingerprint density at radius 2 is 2.12 bits per heavy atom. The van der Waals surface area contributed by atoms with Gasteiger partial charge in [0.15, 0.2) is 6.61 Å². The van der Waals surface area contributed by atoms with Crippen molar-refractivity contribution < 1.29 is 17.9 Å². The molecule has 2 rings (SSSR count). The van der Waals surface area contributed by atoms with Gasteiger partial charge in [0, 0.05) is 30.8 Å². The van der Waals surface area contributed by atoms with Gasteiger partial charge in [0.1, 0.15) is 11.8 Å². The number of nitrogens with one attached hydrogen (secondary N) is 1. The zero-order chi connectivity index (χ0) is 17.6. The van der Waals surface area contributed by atoms with Gasteiger partial charge in [0.05, 0.1) is 5.75 Å². The van der Waals surface area contributed by atoms with Crippen molar-refractivity contribution in [1.29, 1.82) is 5.26 Å². The van der Waals surface area contributed by atoms with Gasteiger partial charge in [-0.15, -0.1) is 0 Å². The largest absolute Gasteiger partial charge is 0.479 e. The number of rotatable bonds is 6. The van der Waals surface area contributed by atoms with E-state index in [1.807, 2.05) is 6.07 Å². The predicted octanol–water partition coefficient (Wildman–Crippen LogP) is 1.59. The first kappa shape index (κ1) is 18.2. The van der Waals surface area contributed by atoms with Gasteiger partial charge in [-0.1, -0.05) is 6.07 Å². The summed E-state index contributed by atoms with van der Waals surface area (Å²) in [4.78, 5) is 12.3. The average Bonchev–Trinajstić information content (AvgIpc) is 2.60. The van der Waals surface area contributed by atoms with Crippen molar-refractivity contribution in [3.8, 4) is 11.8 Å². The van der Waals surface area contributed by atoms with Crippen LogP contribution >= 0.6 is 0 Å². The van der Waals surface area contributed by atoms with E-state index in [4.69, 9.17) is 10.00 Å². The van der Waals surface area contributed by atoms with Gasteiger partial charge in [-0.25, -0.2) is 12.7 Å². The molecule has 0 aromatic heterocycles. The monoisotopic (exact) mass is 351 g/mol. The second-order valence-electron chi connectivity index (χ2n) is 5.54. The van der Waals surface area contributed by atoms with Crippen molar-refractivity contribution in [2.45, 2.75) is 19.8 Å². The quantitative estimate of drug-likeness (QED) is 0.839. The van der Waals surface area contributed by atoms with E-state index in [1.165, 1.54) is 4.31 Å². The summed E-state index contributed by atoms with van der Waals surface area (Å²) in [5.74, 6) is 0.260. The maximum absolute atomic E-state index is 12.3. The molecule has 0 aliphatic carbocycles. The number of nitriles is 1. The minimum Gasteiger partial charge on any atom is -0.479 e. The lowest BCUT2D eigenvalue weighted by molar-refractivity contribution is -0.120. The number of amides is 1. The molecule has 0 spiro atoms. The Labute approximate surface area is 142 Å². The molecule has 130 valence electrons. The van der Waals surface area contributed by atoms with Gasteiger partial charge < -0.3 is 10.1 Å². The number of piperidine rings is 1. The van der Waals surface area contributed by atoms with Crippen molar-refractivity contribution in [1.82, 2.24) is 4.31 Å². The summed E-state index contributed by atoms with van der Waals surface area (Å²) in [6, 6.07) is 8.73. The lowest BCUT2D eigenvalue weighted by Gasteiger charge is -2.30. The van der Waals surface area contributed by atoms with E-state index in [1.54, 1.807) is 31.2 Å². The van der Waals surface area contributed by atoms with E-state index in [0.717, 1.165) is 0 Å². The summed E-state index contributed by atoms with van der Waals surface area (Å²) < 4.78 is 30.3. The van der Waals surface area contributed by atoms with Crippen molar-refractivity contribution in [2.75, 3.05) is 30.8 Å². The number of carbonyl (C=O) groups excluding carboxylic acids is 1. The molecular formula is C16H21N3O4S. The third kappa shape index (κ3) is 4.69. The lowest BCUT2D eigenvalue weighted by atomic mass is 9.97. The maximum atomic E-state index is 12.3. The molecule has 0 atom stereocenters. The molecule has 1 saturated heterocycles. The Kier molecular flexibility index (Phi) is 6.17. The molecule has 1 aliphatic rings. The molecule has 0 unspecified atom stereocenters. The summed E-state index contributed by atoms with van der Waals surface area (Å²) in [7, 11) is -3.19. The number of ether oxygens (including phenoxy) is 1. The first-order chi connectivity index (χ1) is 11.5. The second-order valence-corrected chi connectivity index (χ2v) is 7.80. The number of anilines is 1. The molecule has 1 heterocycles. The minimum atomic E-state index is -3.19. The number of benzene rings is 1. The Hall–Kier alpha value is -2.11. The highest BCUT2D eigenvalue weighted by Gasteiger charge is 2.30. The molecule has 24 heavy (non-hydrogen) atoms. The van der Waals surface area contributed by atoms with Crippen molar-refractivity contribution in [3.63, 3.8) is 0 Å². The predicted molar refractivity (Wildman–Crippen MR) is 89.9 cm³/mol. The van der Waals surface area contributed by atoms with E-state index in [-0.39, 0.29) is 24.2 Å². The summed E-state index contributed by atoms with van der Waals surface area (Å²) in [6.07, 6.45) is 1.02. The van der Waals surface area contributed by atoms with E-state index in [9.17, 15) is 13.2 Å². The number of hydrogen-bond donors (Lipinski definition) is 1. The van der Waals surface area contributed by atoms with Crippen LogP contribution in [0.2, 0.25) is 0 Å². The minimum absolute atomic E-state index is 0.0538. The average molecular weight is 351 g/mol. The van der Waals surface area contributed by atoms with Crippen molar-refractivity contribution in [3.05, 3.63) is 24.3 Å². The van der Waals surface area contributed by atoms with Crippen LogP contribution in [0.5, 0.6) is 5.75 Å². The fourth-order valence-electron chi connectivity index (χ4n) is 2.60. The van der Waals surface area contributed by atoms with Crippen LogP contribution in [0.4, 0.5) is 5.69 Å². The molecule has 1 amide bonds. The molecule has 1 aromatic rings. The zero-order valence-electron chi connectivity index (χ0n) is 13.6. The Bertz CT molecular complexity index is 719. The van der Waals surface area contributed by atoms with E-state index >= 15 is 0 Å². The van der Waals surface area contributed by atoms with Gasteiger partial charge in [0.2, 0.25) is 15.9 Å². The van der Waals surface area contributed by atoms with Crippen molar-refractivity contribution in [2.24, 2.45) is 5.92 Å². The third-order valence-electron chi connectivity index (χ3n) is 3.99. The molecule has 8 heteroatoms. The zero-order valence-corrected chi connectivity index (χ0v) is 14.4. The van der Waals surface area contributed by atoms with Crippen LogP contribution in [0.15, 0.2) is 24.3 Å². The first-order valence-electron chi connectivity index (χ1n) is 7.84. The number of hydrogen-bond acceptors (Lipinski definition) is 5. The normalized spacial score (nSPS) is 16.3. The van der Waals surface area contributed by atoms with Crippen molar-refractivity contribution >= 4 is 21.6 Å². The molecule has 0 saturated carbocycles. The number of nitrogens with zero attached hydrogens (tertiary/aromatic N) is 2. The molecule has 1 fully saturated rings. The van der Waals surface area contributed by atoms with Gasteiger partial charge >= 0.3 is 0 Å². The fraction of sp³-hybridized carbons (Fsp3) is 0.500. The highest BCUT2D eigenvalue weighted by atomic mass is 32.2. The lowest BCUT2D eigenvalue weighted by Crippen LogP contribution is -2.42. The summed E-state index contributed by atoms with van der Waals surface area (Å²) in [5, 5.41) is 11.3. The smallest absolute Gasteiger partial charge is 0.227 e. The van der Waals surface area contributed by atoms with Crippen LogP contribution in [0, 0.1) is 17.2 Å². The molecule has 1 N–H and O–H groups in total. The van der Waals surface area contributed by atoms with Crippen LogP contribution in [-0.4, -0.2) is 44.1 Å². The van der Waals surface area contributed by atoms with Crippen LogP contribution in [-0.2, 0) is 14.8 Å². The van der Waals surface area contributed by atoms with Crippen LogP contribution in [0.3, 0.4) is 0 Å². The van der Waals surface area contributed by atoms with E-state index in [2.05, 4.69) is 5.32 Å². The Morgan fingerprint density at radius 1 is 1.42 bits per heavy atom. The van der Waals surface area contributed by atoms with Gasteiger partial charge in [0.25, 0.3) is 0 Å². The van der Waals surface area contributed by atoms with E-state index in [0.29, 0.717) is 37.4 Å². The summed E-state index contributed by atoms with van der Waals surface area (Å²) in [6.45, 7) is 2.32. The number of carbonyl (C=O) groups is 1. The second kappa shape index (κ2) is 8.13. The van der Waals surface area contributed by atoms with Crippen LogP contribution in [0.25, 0.3) is 0 Å². The van der Waals surface area contributed by atoms with Crippen LogP contribution in [0.1, 0.15) is 19.8 Å². The standard InChI is InChI=1S/C16H21N3O4S/c1-2-24(21,22)19-9-6-13(7-10-19)16(20)18-14-4-3-5-15(12-14)23-11-8-17/h3-5,12-13H,2,6-7,9-11H2,1H3,(H,18,20). The Morgan fingerprint density at radius 3 is 2.75 bits per heavy atom. The molecule has 0 bridgehead atoms. The number of sulfonamides is 1. The SMILES string of the molecule is CCS(=O)(=O)N1CCC(C(=O)Nc2cccc(OCC#N)c2)CC1. The Balaban J connectivity index is 1.91. The summed E-state index contributed by atoms with van der Waals surface area (Å²) >= 11 is 0. The van der Waals surface area contributed by atoms with Gasteiger partial charge in [-0.05, 0) is 31.9 Å². The van der Waals surface area contributed by atoms with Crippen LogP contribution < -0.4 is 10.1 Å². The molecule has 0 radical (unpaired) electrons. The third-order valence-corrected chi connectivity index (χ3v) is 5.87. The topological polar surface area (TPSA) is 99.5 Å². The summed E-state index contributed by atoms with van der Waals surface area (Å²) in [5.41, 5.74) is 0.596. The maximum Gasteiger partial charge on any atom is 0.227 e. The van der Waals surface area contributed by atoms with Gasteiger partial charge in [-0.2, -0.15) is 5.26 Å². The molecule has 1 aromatic carbocycles. The van der Waals surface area contributed by atoms with E-state index < -0.39 is 10.0 Å². The molecular weight excluding hydrogens is 330 g/mol. The highest BCUT2D eigenvalue weighted by Crippen LogP contribution is 2.23. The molecule has 7 nitrogen and oxygen atoms in total. The first-order valence-corrected chi connectivity index (χ1v) is 9.45. The van der Waals surface area contributed by atoms with Gasteiger partial charge in [-0.3, -0.25) is 4.79 Å². The fourth-order valence-corrected chi connectivity index (χ4v) is 3.73. The molecule has 1 aliphatic heterocycles.